The van der Waals surface area contributed by atoms with Gasteiger partial charge in [-0.3, -0.25) is 14.9 Å². The van der Waals surface area contributed by atoms with Crippen molar-refractivity contribution in [3.8, 4) is 0 Å². The summed E-state index contributed by atoms with van der Waals surface area (Å²) < 4.78 is 1.46. The molecule has 0 radical (unpaired) electrons. The average Bonchev–Trinajstić information content (AvgIpc) is 2.91. The number of nitro groups is 1. The van der Waals surface area contributed by atoms with E-state index in [0.29, 0.717) is 6.54 Å². The van der Waals surface area contributed by atoms with Gasteiger partial charge in [0.1, 0.15) is 5.69 Å². The molecule has 1 aliphatic rings. The number of aliphatic hydroxyl groups is 1. The molecule has 2 unspecified atom stereocenters. The number of hydrogen-bond acceptors (Lipinski definition) is 4. The van der Waals surface area contributed by atoms with Gasteiger partial charge in [0.15, 0.2) is 0 Å². The lowest BCUT2D eigenvalue weighted by atomic mass is 10.0. The standard InChI is InChI=1S/C12H17N3O4/c1-8-3-4-14(11(8)7-16)12(17)10-5-9(15(18)19)6-13(10)2/h5-6,8,11,16H,3-4,7H2,1-2H3. The van der Waals surface area contributed by atoms with Crippen LogP contribution in [0, 0.1) is 16.0 Å². The average molecular weight is 267 g/mol. The largest absolute Gasteiger partial charge is 0.394 e. The molecule has 104 valence electrons. The van der Waals surface area contributed by atoms with Crippen molar-refractivity contribution in [3.63, 3.8) is 0 Å². The molecule has 1 saturated heterocycles. The predicted octanol–water partition coefficient (Wildman–Crippen LogP) is 0.776. The topological polar surface area (TPSA) is 88.6 Å². The first-order valence-corrected chi connectivity index (χ1v) is 6.18. The van der Waals surface area contributed by atoms with Gasteiger partial charge in [-0.15, -0.1) is 0 Å². The van der Waals surface area contributed by atoms with Crippen molar-refractivity contribution in [1.82, 2.24) is 9.47 Å². The molecule has 1 amide bonds. The molecule has 0 aliphatic carbocycles. The van der Waals surface area contributed by atoms with Gasteiger partial charge in [-0.25, -0.2) is 0 Å². The van der Waals surface area contributed by atoms with Crippen molar-refractivity contribution in [2.45, 2.75) is 19.4 Å². The monoisotopic (exact) mass is 267 g/mol. The minimum Gasteiger partial charge on any atom is -0.394 e. The van der Waals surface area contributed by atoms with Gasteiger partial charge in [0.05, 0.1) is 23.8 Å². The molecule has 7 nitrogen and oxygen atoms in total. The Kier molecular flexibility index (Phi) is 3.57. The number of rotatable bonds is 3. The Morgan fingerprint density at radius 2 is 2.32 bits per heavy atom. The van der Waals surface area contributed by atoms with Crippen LogP contribution in [-0.2, 0) is 7.05 Å². The fourth-order valence-corrected chi connectivity index (χ4v) is 2.55. The van der Waals surface area contributed by atoms with E-state index < -0.39 is 4.92 Å². The summed E-state index contributed by atoms with van der Waals surface area (Å²) in [4.78, 5) is 24.2. The second kappa shape index (κ2) is 5.00. The van der Waals surface area contributed by atoms with Crippen molar-refractivity contribution in [1.29, 1.82) is 0 Å². The smallest absolute Gasteiger partial charge is 0.287 e. The fourth-order valence-electron chi connectivity index (χ4n) is 2.55. The zero-order valence-electron chi connectivity index (χ0n) is 10.9. The van der Waals surface area contributed by atoms with Crippen LogP contribution in [0.25, 0.3) is 0 Å². The molecule has 0 aromatic carbocycles. The van der Waals surface area contributed by atoms with Gasteiger partial charge in [0.25, 0.3) is 11.6 Å². The molecule has 2 atom stereocenters. The third-order valence-corrected chi connectivity index (χ3v) is 3.75. The molecule has 1 aliphatic heterocycles. The summed E-state index contributed by atoms with van der Waals surface area (Å²) in [5.41, 5.74) is 0.179. The van der Waals surface area contributed by atoms with Crippen LogP contribution in [0.4, 0.5) is 5.69 Å². The van der Waals surface area contributed by atoms with Crippen LogP contribution < -0.4 is 0 Å². The summed E-state index contributed by atoms with van der Waals surface area (Å²) in [5, 5.41) is 20.1. The fraction of sp³-hybridized carbons (Fsp3) is 0.583. The lowest BCUT2D eigenvalue weighted by molar-refractivity contribution is -0.384. The zero-order chi connectivity index (χ0) is 14.2. The molecule has 1 aromatic heterocycles. The van der Waals surface area contributed by atoms with Crippen LogP contribution in [0.3, 0.4) is 0 Å². The van der Waals surface area contributed by atoms with Crippen LogP contribution in [0.1, 0.15) is 23.8 Å². The summed E-state index contributed by atoms with van der Waals surface area (Å²) in [5.74, 6) is -0.0248. The Balaban J connectivity index is 2.27. The van der Waals surface area contributed by atoms with Gasteiger partial charge < -0.3 is 14.6 Å². The van der Waals surface area contributed by atoms with Crippen molar-refractivity contribution < 1.29 is 14.8 Å². The summed E-state index contributed by atoms with van der Waals surface area (Å²) >= 11 is 0. The highest BCUT2D eigenvalue weighted by atomic mass is 16.6. The van der Waals surface area contributed by atoms with E-state index >= 15 is 0 Å². The van der Waals surface area contributed by atoms with E-state index in [1.54, 1.807) is 11.9 Å². The quantitative estimate of drug-likeness (QED) is 0.647. The van der Waals surface area contributed by atoms with Gasteiger partial charge in [0, 0.05) is 19.7 Å². The number of aliphatic hydroxyl groups excluding tert-OH is 1. The Hall–Kier alpha value is -1.89. The van der Waals surface area contributed by atoms with Crippen LogP contribution in [0.5, 0.6) is 0 Å². The minimum atomic E-state index is -0.521. The van der Waals surface area contributed by atoms with Crippen molar-refractivity contribution in [2.75, 3.05) is 13.2 Å². The van der Waals surface area contributed by atoms with Crippen LogP contribution in [0.2, 0.25) is 0 Å². The van der Waals surface area contributed by atoms with Crippen molar-refractivity contribution in [2.24, 2.45) is 13.0 Å². The molecule has 19 heavy (non-hydrogen) atoms. The van der Waals surface area contributed by atoms with Crippen molar-refractivity contribution in [3.05, 3.63) is 28.1 Å². The highest BCUT2D eigenvalue weighted by molar-refractivity contribution is 5.94. The maximum atomic E-state index is 12.4. The second-order valence-electron chi connectivity index (χ2n) is 4.97. The molecule has 1 N–H and O–H groups in total. The zero-order valence-corrected chi connectivity index (χ0v) is 10.9. The van der Waals surface area contributed by atoms with E-state index in [9.17, 15) is 20.0 Å². The molecular formula is C12H17N3O4. The first kappa shape index (κ1) is 13.5. The lowest BCUT2D eigenvalue weighted by Crippen LogP contribution is -2.40. The predicted molar refractivity (Wildman–Crippen MR) is 67.8 cm³/mol. The number of hydrogen-bond donors (Lipinski definition) is 1. The van der Waals surface area contributed by atoms with E-state index in [1.165, 1.54) is 16.8 Å². The minimum absolute atomic E-state index is 0.0839. The van der Waals surface area contributed by atoms with E-state index in [0.717, 1.165) is 6.42 Å². The highest BCUT2D eigenvalue weighted by Crippen LogP contribution is 2.26. The highest BCUT2D eigenvalue weighted by Gasteiger charge is 2.35. The number of aryl methyl sites for hydroxylation is 1. The van der Waals surface area contributed by atoms with Gasteiger partial charge in [-0.05, 0) is 12.3 Å². The molecule has 2 rings (SSSR count). The van der Waals surface area contributed by atoms with E-state index in [2.05, 4.69) is 0 Å². The number of carbonyl (C=O) groups excluding carboxylic acids is 1. The molecule has 1 aromatic rings. The third kappa shape index (κ3) is 2.33. The Bertz CT molecular complexity index is 511. The SMILES string of the molecule is CC1CCN(C(=O)c2cc([N+](=O)[O-])cn2C)C1CO. The van der Waals surface area contributed by atoms with E-state index in [1.807, 2.05) is 6.92 Å². The van der Waals surface area contributed by atoms with Gasteiger partial charge >= 0.3 is 0 Å². The number of nitrogens with zero attached hydrogens (tertiary/aromatic N) is 3. The normalized spacial score (nSPS) is 22.8. The number of aromatic nitrogens is 1. The van der Waals surface area contributed by atoms with Gasteiger partial charge in [0.2, 0.25) is 0 Å². The summed E-state index contributed by atoms with van der Waals surface area (Å²) in [6.45, 7) is 2.48. The Labute approximate surface area is 110 Å². The second-order valence-corrected chi connectivity index (χ2v) is 4.97. The van der Waals surface area contributed by atoms with Gasteiger partial charge in [-0.2, -0.15) is 0 Å². The molecular weight excluding hydrogens is 250 g/mol. The van der Waals surface area contributed by atoms with Gasteiger partial charge in [-0.1, -0.05) is 6.92 Å². The van der Waals surface area contributed by atoms with Crippen molar-refractivity contribution >= 4 is 11.6 Å². The lowest BCUT2D eigenvalue weighted by Gasteiger charge is -2.25. The maximum absolute atomic E-state index is 12.4. The third-order valence-electron chi connectivity index (χ3n) is 3.75. The van der Waals surface area contributed by atoms with E-state index in [4.69, 9.17) is 0 Å². The summed E-state index contributed by atoms with van der Waals surface area (Å²) in [7, 11) is 1.60. The maximum Gasteiger partial charge on any atom is 0.287 e. The van der Waals surface area contributed by atoms with Crippen LogP contribution in [0.15, 0.2) is 12.3 Å². The molecule has 0 spiro atoms. The Morgan fingerprint density at radius 1 is 1.63 bits per heavy atom. The molecule has 7 heteroatoms. The Morgan fingerprint density at radius 3 is 2.84 bits per heavy atom. The number of amides is 1. The summed E-state index contributed by atoms with van der Waals surface area (Å²) in [6, 6.07) is 1.07. The van der Waals surface area contributed by atoms with Crippen LogP contribution >= 0.6 is 0 Å². The number of carbonyl (C=O) groups is 1. The summed E-state index contributed by atoms with van der Waals surface area (Å²) in [6.07, 6.45) is 2.16. The number of likely N-dealkylation sites (tertiary alicyclic amines) is 1. The molecule has 0 saturated carbocycles. The molecule has 2 heterocycles. The first-order valence-electron chi connectivity index (χ1n) is 6.18. The molecule has 0 bridgehead atoms. The van der Waals surface area contributed by atoms with Crippen LogP contribution in [-0.4, -0.2) is 44.6 Å². The molecule has 1 fully saturated rings. The van der Waals surface area contributed by atoms with E-state index in [-0.39, 0.29) is 35.9 Å². The first-order chi connectivity index (χ1) is 8.95.